The minimum Gasteiger partial charge on any atom is -0.490 e. The second kappa shape index (κ2) is 2.57. The quantitative estimate of drug-likeness (QED) is 0.513. The van der Waals surface area contributed by atoms with Crippen molar-refractivity contribution in [1.82, 2.24) is 0 Å². The van der Waals surface area contributed by atoms with Crippen LogP contribution < -0.4 is 0 Å². The molecule has 2 aliphatic rings. The first-order chi connectivity index (χ1) is 5.36. The molecule has 11 heavy (non-hydrogen) atoms. The van der Waals surface area contributed by atoms with Crippen LogP contribution in [0.3, 0.4) is 0 Å². The summed E-state index contributed by atoms with van der Waals surface area (Å²) in [5.41, 5.74) is 1.35. The van der Waals surface area contributed by atoms with Crippen molar-refractivity contribution in [2.24, 2.45) is 0 Å². The first-order valence-corrected chi connectivity index (χ1v) is 4.09. The largest absolute Gasteiger partial charge is 0.490 e. The van der Waals surface area contributed by atoms with E-state index in [9.17, 15) is 0 Å². The summed E-state index contributed by atoms with van der Waals surface area (Å²) >= 11 is 0. The van der Waals surface area contributed by atoms with Crippen molar-refractivity contribution in [1.29, 1.82) is 0 Å². The summed E-state index contributed by atoms with van der Waals surface area (Å²) in [6, 6.07) is 0. The summed E-state index contributed by atoms with van der Waals surface area (Å²) in [6.45, 7) is 2.11. The van der Waals surface area contributed by atoms with Gasteiger partial charge in [-0.25, -0.2) is 0 Å². The van der Waals surface area contributed by atoms with Gasteiger partial charge in [0, 0.05) is 6.42 Å². The fourth-order valence-corrected chi connectivity index (χ4v) is 1.50. The molecule has 1 nitrogen and oxygen atoms in total. The Morgan fingerprint density at radius 1 is 1.36 bits per heavy atom. The zero-order chi connectivity index (χ0) is 7.68. The van der Waals surface area contributed by atoms with Crippen LogP contribution in [0, 0.1) is 0 Å². The molecule has 1 aliphatic carbocycles. The Morgan fingerprint density at radius 2 is 2.18 bits per heavy atom. The highest BCUT2D eigenvalue weighted by molar-refractivity contribution is 5.35. The van der Waals surface area contributed by atoms with E-state index in [-0.39, 0.29) is 0 Å². The summed E-state index contributed by atoms with van der Waals surface area (Å²) < 4.78 is 5.59. The molecule has 1 aliphatic heterocycles. The van der Waals surface area contributed by atoms with Crippen molar-refractivity contribution in [3.8, 4) is 0 Å². The molecule has 0 saturated heterocycles. The van der Waals surface area contributed by atoms with Gasteiger partial charge in [-0.15, -0.1) is 0 Å². The summed E-state index contributed by atoms with van der Waals surface area (Å²) in [5, 5.41) is 0. The topological polar surface area (TPSA) is 9.23 Å². The highest BCUT2D eigenvalue weighted by Gasteiger charge is 2.18. The third-order valence-corrected chi connectivity index (χ3v) is 2.01. The summed E-state index contributed by atoms with van der Waals surface area (Å²) in [5.74, 6) is 1.08. The Bertz CT molecular complexity index is 222. The Kier molecular flexibility index (Phi) is 1.57. The van der Waals surface area contributed by atoms with Crippen molar-refractivity contribution >= 4 is 0 Å². The number of hydrogen-bond donors (Lipinski definition) is 0. The van der Waals surface area contributed by atoms with Crippen molar-refractivity contribution < 1.29 is 4.74 Å². The van der Waals surface area contributed by atoms with Gasteiger partial charge in [-0.3, -0.25) is 0 Å². The van der Waals surface area contributed by atoms with Gasteiger partial charge in [-0.2, -0.15) is 0 Å². The number of hydrogen-bond acceptors (Lipinski definition) is 1. The predicted octanol–water partition coefficient (Wildman–Crippen LogP) is 2.57. The molecule has 0 radical (unpaired) electrons. The standard InChI is InChI=1S/C10H12O/c1-8-7-9-5-3-2-4-6-10(9)11-8/h3-6,8H,2,7H2,1H3/t8-/m1/s1. The molecule has 0 aromatic heterocycles. The Hall–Kier alpha value is -0.980. The highest BCUT2D eigenvalue weighted by atomic mass is 16.5. The number of ether oxygens (including phenoxy) is 1. The van der Waals surface area contributed by atoms with E-state index in [1.54, 1.807) is 0 Å². The number of allylic oxidation sites excluding steroid dienone is 4. The molecule has 0 unspecified atom stereocenters. The molecule has 0 fully saturated rings. The third-order valence-electron chi connectivity index (χ3n) is 2.01. The Balaban J connectivity index is 2.28. The van der Waals surface area contributed by atoms with Gasteiger partial charge in [-0.1, -0.05) is 18.2 Å². The second-order valence-corrected chi connectivity index (χ2v) is 3.06. The first-order valence-electron chi connectivity index (χ1n) is 4.09. The van der Waals surface area contributed by atoms with Gasteiger partial charge < -0.3 is 4.74 Å². The van der Waals surface area contributed by atoms with Crippen LogP contribution in [-0.2, 0) is 4.74 Å². The van der Waals surface area contributed by atoms with Crippen LogP contribution in [-0.4, -0.2) is 6.10 Å². The molecular weight excluding hydrogens is 136 g/mol. The molecular formula is C10H12O. The van der Waals surface area contributed by atoms with Gasteiger partial charge in [0.2, 0.25) is 0 Å². The van der Waals surface area contributed by atoms with Crippen LogP contribution in [0.1, 0.15) is 19.8 Å². The van der Waals surface area contributed by atoms with Crippen LogP contribution in [0.5, 0.6) is 0 Å². The van der Waals surface area contributed by atoms with Gasteiger partial charge in [0.1, 0.15) is 11.9 Å². The fourth-order valence-electron chi connectivity index (χ4n) is 1.50. The minimum absolute atomic E-state index is 0.368. The van der Waals surface area contributed by atoms with E-state index in [1.165, 1.54) is 5.57 Å². The maximum Gasteiger partial charge on any atom is 0.122 e. The van der Waals surface area contributed by atoms with E-state index >= 15 is 0 Å². The molecule has 0 saturated carbocycles. The molecule has 0 spiro atoms. The van der Waals surface area contributed by atoms with E-state index in [2.05, 4.69) is 31.2 Å². The Morgan fingerprint density at radius 3 is 3.09 bits per heavy atom. The van der Waals surface area contributed by atoms with Crippen molar-refractivity contribution in [2.45, 2.75) is 25.9 Å². The first kappa shape index (κ1) is 6.71. The van der Waals surface area contributed by atoms with Gasteiger partial charge >= 0.3 is 0 Å². The smallest absolute Gasteiger partial charge is 0.122 e. The molecule has 58 valence electrons. The van der Waals surface area contributed by atoms with E-state index < -0.39 is 0 Å². The molecule has 0 amide bonds. The Labute approximate surface area is 67.1 Å². The van der Waals surface area contributed by atoms with Gasteiger partial charge in [0.15, 0.2) is 0 Å². The molecule has 0 N–H and O–H groups in total. The fraction of sp³-hybridized carbons (Fsp3) is 0.400. The zero-order valence-electron chi connectivity index (χ0n) is 6.71. The normalized spacial score (nSPS) is 28.3. The average Bonchev–Trinajstić information content (AvgIpc) is 2.17. The van der Waals surface area contributed by atoms with Crippen LogP contribution in [0.2, 0.25) is 0 Å². The maximum atomic E-state index is 5.59. The average molecular weight is 148 g/mol. The van der Waals surface area contributed by atoms with Crippen LogP contribution in [0.25, 0.3) is 0 Å². The van der Waals surface area contributed by atoms with E-state index in [1.807, 2.05) is 0 Å². The summed E-state index contributed by atoms with van der Waals surface area (Å²) in [4.78, 5) is 0. The van der Waals surface area contributed by atoms with E-state index in [0.717, 1.165) is 18.6 Å². The van der Waals surface area contributed by atoms with Crippen molar-refractivity contribution in [2.75, 3.05) is 0 Å². The lowest BCUT2D eigenvalue weighted by Crippen LogP contribution is -1.97. The zero-order valence-corrected chi connectivity index (χ0v) is 6.71. The maximum absolute atomic E-state index is 5.59. The van der Waals surface area contributed by atoms with Gasteiger partial charge in [0.25, 0.3) is 0 Å². The SMILES string of the molecule is C[C@@H]1CC2=C(C=CCC=C2)O1. The summed E-state index contributed by atoms with van der Waals surface area (Å²) in [6.07, 6.45) is 11.0. The van der Waals surface area contributed by atoms with Crippen LogP contribution in [0.4, 0.5) is 0 Å². The molecule has 0 aromatic rings. The minimum atomic E-state index is 0.368. The molecule has 0 aromatic carbocycles. The summed E-state index contributed by atoms with van der Waals surface area (Å²) in [7, 11) is 0. The second-order valence-electron chi connectivity index (χ2n) is 3.06. The molecule has 1 heterocycles. The predicted molar refractivity (Wildman–Crippen MR) is 45.1 cm³/mol. The lowest BCUT2D eigenvalue weighted by atomic mass is 10.1. The molecule has 1 atom stereocenters. The monoisotopic (exact) mass is 148 g/mol. The van der Waals surface area contributed by atoms with Gasteiger partial charge in [0.05, 0.1) is 0 Å². The molecule has 0 bridgehead atoms. The van der Waals surface area contributed by atoms with Gasteiger partial charge in [-0.05, 0) is 25.0 Å². The highest BCUT2D eigenvalue weighted by Crippen LogP contribution is 2.28. The van der Waals surface area contributed by atoms with Crippen molar-refractivity contribution in [3.63, 3.8) is 0 Å². The van der Waals surface area contributed by atoms with Crippen LogP contribution in [0.15, 0.2) is 35.6 Å². The molecule has 2 rings (SSSR count). The molecule has 1 heteroatoms. The lowest BCUT2D eigenvalue weighted by Gasteiger charge is -2.03. The number of rotatable bonds is 0. The van der Waals surface area contributed by atoms with Crippen LogP contribution >= 0.6 is 0 Å². The van der Waals surface area contributed by atoms with E-state index in [4.69, 9.17) is 4.74 Å². The van der Waals surface area contributed by atoms with Crippen molar-refractivity contribution in [3.05, 3.63) is 35.6 Å². The third kappa shape index (κ3) is 1.23. The lowest BCUT2D eigenvalue weighted by molar-refractivity contribution is 0.169. The van der Waals surface area contributed by atoms with E-state index in [0.29, 0.717) is 6.10 Å².